The molecule has 1 heterocycles. The molecule has 112 valence electrons. The molecule has 0 radical (unpaired) electrons. The fourth-order valence-electron chi connectivity index (χ4n) is 2.86. The van der Waals surface area contributed by atoms with Crippen molar-refractivity contribution in [2.45, 2.75) is 19.4 Å². The standard InChI is InChI=1S/C18H17NO3/c1-13-10-14-6-2-4-8-16(14)19(13)18(21)12-22-17-9-5-3-7-15(17)11-20/h2-9,11,13H,10,12H2,1H3/t13-/m1/s1. The molecule has 1 amide bonds. The van der Waals surface area contributed by atoms with Crippen LogP contribution >= 0.6 is 0 Å². The van der Waals surface area contributed by atoms with Gasteiger partial charge in [-0.25, -0.2) is 0 Å². The maximum absolute atomic E-state index is 12.5. The summed E-state index contributed by atoms with van der Waals surface area (Å²) in [4.78, 5) is 25.2. The van der Waals surface area contributed by atoms with Crippen molar-refractivity contribution in [2.75, 3.05) is 11.5 Å². The quantitative estimate of drug-likeness (QED) is 0.815. The number of carbonyl (C=O) groups excluding carboxylic acids is 2. The van der Waals surface area contributed by atoms with Crippen molar-refractivity contribution in [2.24, 2.45) is 0 Å². The van der Waals surface area contributed by atoms with Gasteiger partial charge < -0.3 is 9.64 Å². The van der Waals surface area contributed by atoms with E-state index in [-0.39, 0.29) is 18.6 Å². The molecule has 22 heavy (non-hydrogen) atoms. The Hall–Kier alpha value is -2.62. The molecule has 0 bridgehead atoms. The molecular formula is C18H17NO3. The summed E-state index contributed by atoms with van der Waals surface area (Å²) in [7, 11) is 0. The number of carbonyl (C=O) groups is 2. The smallest absolute Gasteiger partial charge is 0.265 e. The molecule has 1 aliphatic heterocycles. The molecule has 0 aromatic heterocycles. The van der Waals surface area contributed by atoms with Gasteiger partial charge >= 0.3 is 0 Å². The van der Waals surface area contributed by atoms with Gasteiger partial charge in [0.15, 0.2) is 12.9 Å². The third kappa shape index (κ3) is 2.60. The van der Waals surface area contributed by atoms with Crippen molar-refractivity contribution in [3.8, 4) is 5.75 Å². The van der Waals surface area contributed by atoms with Crippen molar-refractivity contribution in [1.82, 2.24) is 0 Å². The molecule has 0 saturated heterocycles. The lowest BCUT2D eigenvalue weighted by atomic mass is 10.1. The van der Waals surface area contributed by atoms with Gasteiger partial charge in [-0.05, 0) is 37.1 Å². The average Bonchev–Trinajstić information content (AvgIpc) is 2.88. The van der Waals surface area contributed by atoms with Gasteiger partial charge in [0.2, 0.25) is 0 Å². The number of hydrogen-bond donors (Lipinski definition) is 0. The molecule has 0 unspecified atom stereocenters. The normalized spacial score (nSPS) is 16.2. The molecule has 1 atom stereocenters. The van der Waals surface area contributed by atoms with Crippen LogP contribution in [-0.2, 0) is 11.2 Å². The summed E-state index contributed by atoms with van der Waals surface area (Å²) >= 11 is 0. The molecular weight excluding hydrogens is 278 g/mol. The van der Waals surface area contributed by atoms with E-state index in [1.807, 2.05) is 31.2 Å². The summed E-state index contributed by atoms with van der Waals surface area (Å²) in [6.07, 6.45) is 1.58. The first-order chi connectivity index (χ1) is 10.7. The van der Waals surface area contributed by atoms with E-state index in [4.69, 9.17) is 4.74 Å². The number of benzene rings is 2. The number of rotatable bonds is 4. The first-order valence-electron chi connectivity index (χ1n) is 7.27. The molecule has 0 saturated carbocycles. The van der Waals surface area contributed by atoms with E-state index in [9.17, 15) is 9.59 Å². The number of nitrogens with zero attached hydrogens (tertiary/aromatic N) is 1. The van der Waals surface area contributed by atoms with Gasteiger partial charge in [0.25, 0.3) is 5.91 Å². The Balaban J connectivity index is 1.74. The Bertz CT molecular complexity index is 711. The predicted octanol–water partition coefficient (Wildman–Crippen LogP) is 2.86. The maximum Gasteiger partial charge on any atom is 0.265 e. The molecule has 1 aliphatic rings. The predicted molar refractivity (Wildman–Crippen MR) is 84.4 cm³/mol. The van der Waals surface area contributed by atoms with Gasteiger partial charge in [-0.2, -0.15) is 0 Å². The number of ether oxygens (including phenoxy) is 1. The van der Waals surface area contributed by atoms with Crippen LogP contribution in [0.15, 0.2) is 48.5 Å². The number of amides is 1. The minimum atomic E-state index is -0.0989. The molecule has 2 aromatic rings. The molecule has 4 heteroatoms. The molecule has 3 rings (SSSR count). The van der Waals surface area contributed by atoms with Crippen molar-refractivity contribution >= 4 is 17.9 Å². The average molecular weight is 295 g/mol. The van der Waals surface area contributed by atoms with Gasteiger partial charge in [0, 0.05) is 11.7 Å². The van der Waals surface area contributed by atoms with Crippen molar-refractivity contribution in [3.05, 3.63) is 59.7 Å². The van der Waals surface area contributed by atoms with Crippen molar-refractivity contribution in [1.29, 1.82) is 0 Å². The first-order valence-corrected chi connectivity index (χ1v) is 7.27. The van der Waals surface area contributed by atoms with Crippen molar-refractivity contribution < 1.29 is 14.3 Å². The lowest BCUT2D eigenvalue weighted by Gasteiger charge is -2.22. The molecule has 4 nitrogen and oxygen atoms in total. The summed E-state index contributed by atoms with van der Waals surface area (Å²) < 4.78 is 5.54. The SMILES string of the molecule is C[C@@H]1Cc2ccccc2N1C(=O)COc1ccccc1C=O. The monoisotopic (exact) mass is 295 g/mol. The highest BCUT2D eigenvalue weighted by Crippen LogP contribution is 2.31. The number of aldehydes is 1. The van der Waals surface area contributed by atoms with E-state index in [2.05, 4.69) is 0 Å². The molecule has 0 N–H and O–H groups in total. The molecule has 0 fully saturated rings. The van der Waals surface area contributed by atoms with Crippen LogP contribution in [0.1, 0.15) is 22.8 Å². The second kappa shape index (κ2) is 6.02. The van der Waals surface area contributed by atoms with Crippen LogP contribution in [0.4, 0.5) is 5.69 Å². The molecule has 2 aromatic carbocycles. The zero-order valence-electron chi connectivity index (χ0n) is 12.4. The van der Waals surface area contributed by atoms with Crippen molar-refractivity contribution in [3.63, 3.8) is 0 Å². The minimum absolute atomic E-state index is 0.0798. The van der Waals surface area contributed by atoms with Gasteiger partial charge in [-0.15, -0.1) is 0 Å². The largest absolute Gasteiger partial charge is 0.483 e. The number of hydrogen-bond acceptors (Lipinski definition) is 3. The van der Waals surface area contributed by atoms with E-state index >= 15 is 0 Å². The fourth-order valence-corrected chi connectivity index (χ4v) is 2.86. The van der Waals surface area contributed by atoms with Crippen LogP contribution in [-0.4, -0.2) is 24.8 Å². The van der Waals surface area contributed by atoms with Gasteiger partial charge in [0.05, 0.1) is 5.56 Å². The number of fused-ring (bicyclic) bond motifs is 1. The summed E-state index contributed by atoms with van der Waals surface area (Å²) in [6, 6.07) is 14.9. The number of anilines is 1. The second-order valence-electron chi connectivity index (χ2n) is 5.39. The highest BCUT2D eigenvalue weighted by Gasteiger charge is 2.30. The van der Waals surface area contributed by atoms with Crippen LogP contribution < -0.4 is 9.64 Å². The summed E-state index contributed by atoms with van der Waals surface area (Å²) in [5.74, 6) is 0.337. The van der Waals surface area contributed by atoms with Crippen LogP contribution in [0.5, 0.6) is 5.75 Å². The molecule has 0 spiro atoms. The summed E-state index contributed by atoms with van der Waals surface area (Å²) in [5, 5.41) is 0. The van der Waals surface area contributed by atoms with Gasteiger partial charge in [-0.1, -0.05) is 30.3 Å². The highest BCUT2D eigenvalue weighted by atomic mass is 16.5. The Labute approximate surface area is 129 Å². The van der Waals surface area contributed by atoms with E-state index in [1.165, 1.54) is 5.56 Å². The van der Waals surface area contributed by atoms with Crippen LogP contribution in [0.2, 0.25) is 0 Å². The zero-order chi connectivity index (χ0) is 15.5. The van der Waals surface area contributed by atoms with Crippen LogP contribution in [0.25, 0.3) is 0 Å². The summed E-state index contributed by atoms with van der Waals surface area (Å²) in [6.45, 7) is 1.95. The Morgan fingerprint density at radius 3 is 2.77 bits per heavy atom. The second-order valence-corrected chi connectivity index (χ2v) is 5.39. The van der Waals surface area contributed by atoms with Crippen LogP contribution in [0, 0.1) is 0 Å². The lowest BCUT2D eigenvalue weighted by Crippen LogP contribution is -2.39. The van der Waals surface area contributed by atoms with E-state index in [0.717, 1.165) is 18.4 Å². The Morgan fingerprint density at radius 2 is 1.95 bits per heavy atom. The Kier molecular flexibility index (Phi) is 3.92. The van der Waals surface area contributed by atoms with E-state index < -0.39 is 0 Å². The maximum atomic E-state index is 12.5. The third-order valence-corrected chi connectivity index (χ3v) is 3.87. The topological polar surface area (TPSA) is 46.6 Å². The van der Waals surface area contributed by atoms with Gasteiger partial charge in [-0.3, -0.25) is 9.59 Å². The lowest BCUT2D eigenvalue weighted by molar-refractivity contribution is -0.120. The molecule has 0 aliphatic carbocycles. The number of para-hydroxylation sites is 2. The fraction of sp³-hybridized carbons (Fsp3) is 0.222. The van der Waals surface area contributed by atoms with Crippen LogP contribution in [0.3, 0.4) is 0 Å². The van der Waals surface area contributed by atoms with E-state index in [1.54, 1.807) is 29.2 Å². The van der Waals surface area contributed by atoms with E-state index in [0.29, 0.717) is 11.3 Å². The zero-order valence-corrected chi connectivity index (χ0v) is 12.4. The Morgan fingerprint density at radius 1 is 1.23 bits per heavy atom. The third-order valence-electron chi connectivity index (χ3n) is 3.87. The first kappa shape index (κ1) is 14.3. The summed E-state index contributed by atoms with van der Waals surface area (Å²) in [5.41, 5.74) is 2.58. The van der Waals surface area contributed by atoms with Gasteiger partial charge in [0.1, 0.15) is 5.75 Å². The highest BCUT2D eigenvalue weighted by molar-refractivity contribution is 5.97. The minimum Gasteiger partial charge on any atom is -0.483 e.